The lowest BCUT2D eigenvalue weighted by Gasteiger charge is -2.40. The molecule has 242 valence electrons. The van der Waals surface area contributed by atoms with E-state index >= 15 is 0 Å². The molecule has 0 spiro atoms. The van der Waals surface area contributed by atoms with Crippen LogP contribution in [0.15, 0.2) is 67.3 Å². The number of benzene rings is 2. The number of ether oxygens (including phenoxy) is 1. The van der Waals surface area contributed by atoms with Crippen LogP contribution in [0.3, 0.4) is 0 Å². The summed E-state index contributed by atoms with van der Waals surface area (Å²) in [6.45, 7) is 7.42. The summed E-state index contributed by atoms with van der Waals surface area (Å²) < 4.78 is 7.44. The molecule has 2 aliphatic heterocycles. The number of likely N-dealkylation sites (tertiary alicyclic amines) is 1. The maximum absolute atomic E-state index is 13.0. The van der Waals surface area contributed by atoms with Crippen LogP contribution in [-0.4, -0.2) is 75.8 Å². The highest BCUT2D eigenvalue weighted by Gasteiger charge is 2.32. The molecule has 0 aliphatic carbocycles. The minimum absolute atomic E-state index is 0.110. The molecule has 0 radical (unpaired) electrons. The number of imidazole rings is 1. The van der Waals surface area contributed by atoms with Crippen LogP contribution in [0.5, 0.6) is 0 Å². The van der Waals surface area contributed by atoms with Gasteiger partial charge in [0.1, 0.15) is 5.69 Å². The van der Waals surface area contributed by atoms with Crippen molar-refractivity contribution in [3.05, 3.63) is 72.8 Å². The molecule has 2 aromatic heterocycles. The van der Waals surface area contributed by atoms with E-state index in [0.717, 1.165) is 100 Å². The van der Waals surface area contributed by atoms with Gasteiger partial charge in [0, 0.05) is 62.8 Å². The van der Waals surface area contributed by atoms with E-state index in [2.05, 4.69) is 34.3 Å². The van der Waals surface area contributed by atoms with Gasteiger partial charge in [-0.3, -0.25) is 4.79 Å². The van der Waals surface area contributed by atoms with Crippen LogP contribution in [0.1, 0.15) is 62.2 Å². The van der Waals surface area contributed by atoms with Gasteiger partial charge in [0.2, 0.25) is 0 Å². The molecule has 6 rings (SSSR count). The third-order valence-electron chi connectivity index (χ3n) is 9.42. The molecule has 10 heteroatoms. The molecule has 0 atom stereocenters. The quantitative estimate of drug-likeness (QED) is 0.199. The number of rotatable bonds is 11. The van der Waals surface area contributed by atoms with Gasteiger partial charge in [0.05, 0.1) is 24.0 Å². The minimum atomic E-state index is -0.153. The van der Waals surface area contributed by atoms with Gasteiger partial charge in [-0.1, -0.05) is 43.7 Å². The van der Waals surface area contributed by atoms with E-state index in [1.165, 1.54) is 0 Å². The van der Waals surface area contributed by atoms with Crippen LogP contribution in [0.2, 0.25) is 0 Å². The summed E-state index contributed by atoms with van der Waals surface area (Å²) in [4.78, 5) is 44.0. The number of unbranched alkanes of at least 4 members (excludes halogenated alkanes) is 1. The Labute approximate surface area is 271 Å². The predicted molar refractivity (Wildman–Crippen MR) is 180 cm³/mol. The van der Waals surface area contributed by atoms with Gasteiger partial charge in [-0.2, -0.15) is 0 Å². The molecule has 0 bridgehead atoms. The summed E-state index contributed by atoms with van der Waals surface area (Å²) >= 11 is 0. The molecule has 2 amide bonds. The third kappa shape index (κ3) is 7.66. The number of nitrogens with one attached hydrogen (secondary N) is 1. The number of fused-ring (bicyclic) bond motifs is 1. The molecule has 4 aromatic rings. The largest absolute Gasteiger partial charge is 0.449 e. The van der Waals surface area contributed by atoms with E-state index in [-0.39, 0.29) is 12.0 Å². The van der Waals surface area contributed by atoms with Crippen molar-refractivity contribution in [3.8, 4) is 11.3 Å². The smallest absolute Gasteiger partial charge is 0.409 e. The monoisotopic (exact) mass is 623 g/mol. The molecule has 10 nitrogen and oxygen atoms in total. The SMILES string of the molecule is CCCCOC(=O)N1CCC(C2CCN(c3nc4ccc(C(=O)NCCCn5ccnc5)cc4nc3-c3ccccc3)CC2)CC1. The first-order chi connectivity index (χ1) is 22.6. The number of piperidine rings is 2. The minimum Gasteiger partial charge on any atom is -0.449 e. The number of hydrogen-bond acceptors (Lipinski definition) is 7. The average Bonchev–Trinajstić information content (AvgIpc) is 3.63. The maximum Gasteiger partial charge on any atom is 0.409 e. The van der Waals surface area contributed by atoms with Crippen LogP contribution >= 0.6 is 0 Å². The van der Waals surface area contributed by atoms with Gasteiger partial charge < -0.3 is 24.4 Å². The van der Waals surface area contributed by atoms with E-state index in [1.807, 2.05) is 52.1 Å². The van der Waals surface area contributed by atoms with Crippen molar-refractivity contribution in [2.24, 2.45) is 11.8 Å². The summed E-state index contributed by atoms with van der Waals surface area (Å²) in [6, 6.07) is 15.8. The number of nitrogens with zero attached hydrogens (tertiary/aromatic N) is 6. The molecular formula is C36H45N7O3. The van der Waals surface area contributed by atoms with Crippen LogP contribution < -0.4 is 10.2 Å². The van der Waals surface area contributed by atoms with E-state index < -0.39 is 0 Å². The van der Waals surface area contributed by atoms with Crippen molar-refractivity contribution >= 4 is 28.9 Å². The Hall–Kier alpha value is -4.47. The lowest BCUT2D eigenvalue weighted by atomic mass is 9.79. The molecule has 2 aliphatic rings. The predicted octanol–water partition coefficient (Wildman–Crippen LogP) is 6.18. The molecule has 2 fully saturated rings. The zero-order valence-electron chi connectivity index (χ0n) is 26.8. The number of aryl methyl sites for hydroxylation is 1. The van der Waals surface area contributed by atoms with E-state index in [4.69, 9.17) is 14.7 Å². The lowest BCUT2D eigenvalue weighted by molar-refractivity contribution is 0.0770. The second-order valence-corrected chi connectivity index (χ2v) is 12.5. The Bertz CT molecular complexity index is 1580. The highest BCUT2D eigenvalue weighted by Crippen LogP contribution is 2.36. The van der Waals surface area contributed by atoms with Gasteiger partial charge in [-0.15, -0.1) is 0 Å². The zero-order valence-corrected chi connectivity index (χ0v) is 26.8. The Kier molecular flexibility index (Phi) is 10.4. The lowest BCUT2D eigenvalue weighted by Crippen LogP contribution is -2.43. The van der Waals surface area contributed by atoms with Crippen LogP contribution in [0, 0.1) is 11.8 Å². The van der Waals surface area contributed by atoms with Gasteiger partial charge in [-0.25, -0.2) is 19.7 Å². The van der Waals surface area contributed by atoms with Crippen molar-refractivity contribution in [2.75, 3.05) is 44.2 Å². The fourth-order valence-electron chi connectivity index (χ4n) is 6.71. The Morgan fingerprint density at radius 2 is 1.67 bits per heavy atom. The number of amides is 2. The highest BCUT2D eigenvalue weighted by atomic mass is 16.6. The standard InChI is InChI=1S/C36H45N7O3/c1-2-3-24-46-36(45)43-21-14-28(15-22-43)27-12-19-42(20-13-27)34-33(29-8-5-4-6-9-29)39-32-25-30(10-11-31(32)40-34)35(44)38-16-7-18-41-23-17-37-26-41/h4-6,8-11,17,23,25-28H,2-3,7,12-16,18-22,24H2,1H3,(H,38,44). The van der Waals surface area contributed by atoms with Crippen LogP contribution in [0.4, 0.5) is 10.6 Å². The summed E-state index contributed by atoms with van der Waals surface area (Å²) in [7, 11) is 0. The molecule has 1 N–H and O–H groups in total. The number of carbonyl (C=O) groups excluding carboxylic acids is 2. The Morgan fingerprint density at radius 1 is 0.913 bits per heavy atom. The number of carbonyl (C=O) groups is 2. The molecule has 2 saturated heterocycles. The second-order valence-electron chi connectivity index (χ2n) is 12.5. The van der Waals surface area contributed by atoms with Gasteiger partial charge in [0.15, 0.2) is 5.82 Å². The van der Waals surface area contributed by atoms with Crippen molar-refractivity contribution in [2.45, 2.75) is 58.4 Å². The Balaban J connectivity index is 1.10. The normalized spacial score (nSPS) is 16.1. The third-order valence-corrected chi connectivity index (χ3v) is 9.42. The molecular weight excluding hydrogens is 578 g/mol. The maximum atomic E-state index is 13.0. The molecule has 46 heavy (non-hydrogen) atoms. The summed E-state index contributed by atoms with van der Waals surface area (Å²) in [6.07, 6.45) is 12.3. The second kappa shape index (κ2) is 15.2. The fraction of sp³-hybridized carbons (Fsp3) is 0.472. The Morgan fingerprint density at radius 3 is 2.39 bits per heavy atom. The fourth-order valence-corrected chi connectivity index (χ4v) is 6.71. The molecule has 0 unspecified atom stereocenters. The summed E-state index contributed by atoms with van der Waals surface area (Å²) in [5, 5.41) is 3.03. The van der Waals surface area contributed by atoms with E-state index in [1.54, 1.807) is 12.5 Å². The van der Waals surface area contributed by atoms with Crippen molar-refractivity contribution in [3.63, 3.8) is 0 Å². The summed E-state index contributed by atoms with van der Waals surface area (Å²) in [5.74, 6) is 2.07. The van der Waals surface area contributed by atoms with Gasteiger partial charge >= 0.3 is 6.09 Å². The van der Waals surface area contributed by atoms with Gasteiger partial charge in [-0.05, 0) is 68.6 Å². The van der Waals surface area contributed by atoms with E-state index in [0.29, 0.717) is 36.1 Å². The first kappa shape index (κ1) is 31.5. The van der Waals surface area contributed by atoms with Crippen LogP contribution in [0.25, 0.3) is 22.3 Å². The molecule has 0 saturated carbocycles. The molecule has 2 aromatic carbocycles. The number of anilines is 1. The van der Waals surface area contributed by atoms with Crippen molar-refractivity contribution in [1.29, 1.82) is 0 Å². The first-order valence-electron chi connectivity index (χ1n) is 16.9. The highest BCUT2D eigenvalue weighted by molar-refractivity contribution is 5.98. The topological polar surface area (TPSA) is 105 Å². The zero-order chi connectivity index (χ0) is 31.7. The van der Waals surface area contributed by atoms with Crippen molar-refractivity contribution < 1.29 is 14.3 Å². The average molecular weight is 624 g/mol. The molecule has 4 heterocycles. The van der Waals surface area contributed by atoms with Crippen molar-refractivity contribution in [1.82, 2.24) is 29.7 Å². The van der Waals surface area contributed by atoms with Gasteiger partial charge in [0.25, 0.3) is 5.91 Å². The number of aromatic nitrogens is 4. The van der Waals surface area contributed by atoms with E-state index in [9.17, 15) is 9.59 Å². The van der Waals surface area contributed by atoms with Crippen LogP contribution in [-0.2, 0) is 11.3 Å². The summed E-state index contributed by atoms with van der Waals surface area (Å²) in [5.41, 5.74) is 3.94. The number of hydrogen-bond donors (Lipinski definition) is 1. The first-order valence-corrected chi connectivity index (χ1v) is 16.9.